The van der Waals surface area contributed by atoms with E-state index in [1.807, 2.05) is 0 Å². The fourth-order valence-corrected chi connectivity index (χ4v) is 9.29. The summed E-state index contributed by atoms with van der Waals surface area (Å²) >= 11 is 0. The van der Waals surface area contributed by atoms with E-state index in [0.29, 0.717) is 0 Å². The zero-order valence-electron chi connectivity index (χ0n) is 35.7. The summed E-state index contributed by atoms with van der Waals surface area (Å²) in [5.74, 6) is 0. The summed E-state index contributed by atoms with van der Waals surface area (Å²) < 4.78 is 13.5. The molecule has 11 aromatic rings. The van der Waals surface area contributed by atoms with Crippen molar-refractivity contribution < 1.29 is 8.83 Å². The van der Waals surface area contributed by atoms with E-state index in [9.17, 15) is 0 Å². The number of rotatable bonds is 10. The van der Waals surface area contributed by atoms with E-state index in [0.717, 1.165) is 125 Å². The molecule has 0 saturated carbocycles. The number of aryl methyl sites for hydroxylation is 4. The maximum absolute atomic E-state index is 6.75. The molecule has 2 aromatic heterocycles. The van der Waals surface area contributed by atoms with Crippen molar-refractivity contribution in [1.29, 1.82) is 0 Å². The van der Waals surface area contributed by atoms with Crippen molar-refractivity contribution >= 4 is 99.5 Å². The van der Waals surface area contributed by atoms with Crippen molar-refractivity contribution in [2.24, 2.45) is 0 Å². The van der Waals surface area contributed by atoms with Crippen molar-refractivity contribution in [3.05, 3.63) is 192 Å². The van der Waals surface area contributed by atoms with Gasteiger partial charge in [0.25, 0.3) is 0 Å². The first-order chi connectivity index (χ1) is 30.5. The number of nitrogens with zero attached hydrogens (tertiary/aromatic N) is 2. The molecule has 0 radical (unpaired) electrons. The summed E-state index contributed by atoms with van der Waals surface area (Å²) in [6, 6.07) is 62.3. The average Bonchev–Trinajstić information content (AvgIpc) is 3.89. The molecule has 0 fully saturated rings. The molecule has 0 saturated heterocycles. The molecule has 11 rings (SSSR count). The molecule has 0 spiro atoms. The maximum Gasteiger partial charge on any atom is 0.143 e. The van der Waals surface area contributed by atoms with Crippen LogP contribution in [0.2, 0.25) is 0 Å². The first-order valence-corrected chi connectivity index (χ1v) is 22.1. The Morgan fingerprint density at radius 3 is 0.919 bits per heavy atom. The lowest BCUT2D eigenvalue weighted by molar-refractivity contribution is 0.660. The molecule has 0 aliphatic heterocycles. The summed E-state index contributed by atoms with van der Waals surface area (Å²) in [4.78, 5) is 4.69. The van der Waals surface area contributed by atoms with Gasteiger partial charge in [0, 0.05) is 72.5 Å². The highest BCUT2D eigenvalue weighted by Gasteiger charge is 2.20. The van der Waals surface area contributed by atoms with E-state index in [1.165, 1.54) is 22.3 Å². The fourth-order valence-electron chi connectivity index (χ4n) is 9.29. The number of furan rings is 2. The van der Waals surface area contributed by atoms with Crippen LogP contribution in [0, 0.1) is 0 Å². The van der Waals surface area contributed by atoms with Gasteiger partial charge in [0.05, 0.1) is 0 Å². The second kappa shape index (κ2) is 15.3. The van der Waals surface area contributed by atoms with E-state index in [-0.39, 0.29) is 0 Å². The predicted molar refractivity (Wildman–Crippen MR) is 263 cm³/mol. The molecular weight excluding hydrogens is 757 g/mol. The summed E-state index contributed by atoms with van der Waals surface area (Å²) in [6.07, 6.45) is 4.05. The topological polar surface area (TPSA) is 32.8 Å². The van der Waals surface area contributed by atoms with Gasteiger partial charge in [0.2, 0.25) is 0 Å². The highest BCUT2D eigenvalue weighted by molar-refractivity contribution is 6.22. The third kappa shape index (κ3) is 6.37. The summed E-state index contributed by atoms with van der Waals surface area (Å²) in [5, 5.41) is 8.81. The fraction of sp³-hybridized carbons (Fsp3) is 0.138. The normalized spacial score (nSPS) is 11.8. The Morgan fingerprint density at radius 2 is 0.597 bits per heavy atom. The third-order valence-corrected chi connectivity index (χ3v) is 12.9. The minimum Gasteiger partial charge on any atom is -0.455 e. The molecule has 4 nitrogen and oxygen atoms in total. The van der Waals surface area contributed by atoms with Crippen LogP contribution in [0.3, 0.4) is 0 Å². The van der Waals surface area contributed by atoms with Crippen LogP contribution in [0.1, 0.15) is 49.9 Å². The summed E-state index contributed by atoms with van der Waals surface area (Å²) in [6.45, 7) is 8.79. The molecule has 2 heterocycles. The molecular formula is C58H48N2O2. The minimum atomic E-state index is 0.821. The molecule has 302 valence electrons. The van der Waals surface area contributed by atoms with Gasteiger partial charge < -0.3 is 18.6 Å². The van der Waals surface area contributed by atoms with Gasteiger partial charge in [0.1, 0.15) is 22.3 Å². The van der Waals surface area contributed by atoms with E-state index in [1.54, 1.807) is 0 Å². The zero-order chi connectivity index (χ0) is 41.9. The van der Waals surface area contributed by atoms with Gasteiger partial charge in [-0.05, 0) is 162 Å². The second-order valence-corrected chi connectivity index (χ2v) is 16.5. The van der Waals surface area contributed by atoms with E-state index in [4.69, 9.17) is 8.83 Å². The number of anilines is 6. The molecule has 0 amide bonds. The Bertz CT molecular complexity index is 3110. The van der Waals surface area contributed by atoms with Gasteiger partial charge in [-0.1, -0.05) is 88.4 Å². The summed E-state index contributed by atoms with van der Waals surface area (Å²) in [5.41, 5.74) is 15.5. The lowest BCUT2D eigenvalue weighted by Crippen LogP contribution is -2.10. The van der Waals surface area contributed by atoms with Crippen molar-refractivity contribution in [2.45, 2.75) is 53.4 Å². The molecule has 0 N–H and O–H groups in total. The van der Waals surface area contributed by atoms with Gasteiger partial charge in [0.15, 0.2) is 0 Å². The Kier molecular flexibility index (Phi) is 9.30. The lowest BCUT2D eigenvalue weighted by Gasteiger charge is -2.26. The molecule has 4 heteroatoms. The van der Waals surface area contributed by atoms with E-state index in [2.05, 4.69) is 207 Å². The van der Waals surface area contributed by atoms with Gasteiger partial charge in [-0.15, -0.1) is 0 Å². The predicted octanol–water partition coefficient (Wildman–Crippen LogP) is 17.0. The molecule has 0 unspecified atom stereocenters. The van der Waals surface area contributed by atoms with Crippen LogP contribution in [0.4, 0.5) is 34.1 Å². The Morgan fingerprint density at radius 1 is 0.290 bits per heavy atom. The first-order valence-electron chi connectivity index (χ1n) is 22.1. The van der Waals surface area contributed by atoms with Gasteiger partial charge in [-0.3, -0.25) is 0 Å². The monoisotopic (exact) mass is 804 g/mol. The van der Waals surface area contributed by atoms with E-state index >= 15 is 0 Å². The molecule has 0 aliphatic rings. The van der Waals surface area contributed by atoms with Crippen molar-refractivity contribution in [3.8, 4) is 0 Å². The van der Waals surface area contributed by atoms with Crippen molar-refractivity contribution in [2.75, 3.05) is 9.80 Å². The van der Waals surface area contributed by atoms with Gasteiger partial charge >= 0.3 is 0 Å². The smallest absolute Gasteiger partial charge is 0.143 e. The molecule has 9 aromatic carbocycles. The Balaban J connectivity index is 0.984. The zero-order valence-corrected chi connectivity index (χ0v) is 35.7. The minimum absolute atomic E-state index is 0.821. The van der Waals surface area contributed by atoms with E-state index < -0.39 is 0 Å². The number of fused-ring (bicyclic) bond motifs is 10. The first kappa shape index (κ1) is 37.7. The third-order valence-electron chi connectivity index (χ3n) is 12.9. The van der Waals surface area contributed by atoms with Crippen LogP contribution in [0.15, 0.2) is 179 Å². The van der Waals surface area contributed by atoms with Crippen LogP contribution in [-0.2, 0) is 25.7 Å². The number of hydrogen-bond donors (Lipinski definition) is 0. The quantitative estimate of drug-likeness (QED) is 0.138. The summed E-state index contributed by atoms with van der Waals surface area (Å²) in [7, 11) is 0. The van der Waals surface area contributed by atoms with Gasteiger partial charge in [-0.2, -0.15) is 0 Å². The highest BCUT2D eigenvalue weighted by atomic mass is 16.3. The number of hydrogen-bond acceptors (Lipinski definition) is 4. The Hall–Kier alpha value is -7.30. The molecule has 0 aliphatic carbocycles. The second-order valence-electron chi connectivity index (χ2n) is 16.5. The van der Waals surface area contributed by atoms with Crippen molar-refractivity contribution in [3.63, 3.8) is 0 Å². The molecule has 0 bridgehead atoms. The van der Waals surface area contributed by atoms with Crippen LogP contribution in [-0.4, -0.2) is 0 Å². The van der Waals surface area contributed by atoms with Crippen LogP contribution < -0.4 is 9.80 Å². The SMILES string of the molecule is CCc1ccc(N(c2ccc(CC)cc2)c2ccc3c(ccc4c5cc6c(cc5oc34)oc3c4ccc(N(c5ccc(CC)cc5)c5ccc(CC)cc5)cc4ccc63)c2)cc1. The maximum atomic E-state index is 6.75. The molecule has 62 heavy (non-hydrogen) atoms. The largest absolute Gasteiger partial charge is 0.455 e. The van der Waals surface area contributed by atoms with Crippen LogP contribution >= 0.6 is 0 Å². The van der Waals surface area contributed by atoms with Crippen molar-refractivity contribution in [1.82, 2.24) is 0 Å². The average molecular weight is 805 g/mol. The van der Waals surface area contributed by atoms with Gasteiger partial charge in [-0.25, -0.2) is 0 Å². The van der Waals surface area contributed by atoms with Crippen LogP contribution in [0.25, 0.3) is 65.4 Å². The van der Waals surface area contributed by atoms with Crippen LogP contribution in [0.5, 0.6) is 0 Å². The lowest BCUT2D eigenvalue weighted by atomic mass is 10.0. The molecule has 0 atom stereocenters. The highest BCUT2D eigenvalue weighted by Crippen LogP contribution is 2.44. The Labute approximate surface area is 362 Å². The standard InChI is InChI=1S/C58H48N2O2/c1-5-37-9-19-43(20-10-37)59(44-21-11-38(6-2)12-22-44)47-27-31-49-41(33-47)17-29-51-53-35-54-52-30-18-42-34-48(28-32-50(42)58(52)62-56(54)36-55(53)61-57(49)51)60(45-23-13-39(7-3)14-24-45)46-25-15-40(8-4)16-26-46/h9-36H,5-8H2,1-4H3. The number of benzene rings is 9.